The predicted molar refractivity (Wildman–Crippen MR) is 136 cm³/mol. The van der Waals surface area contributed by atoms with Crippen molar-refractivity contribution in [1.82, 2.24) is 5.32 Å². The van der Waals surface area contributed by atoms with Gasteiger partial charge >= 0.3 is 0 Å². The van der Waals surface area contributed by atoms with Crippen LogP contribution in [0, 0.1) is 6.92 Å². The summed E-state index contributed by atoms with van der Waals surface area (Å²) in [6, 6.07) is 13.5. The molecule has 0 radical (unpaired) electrons. The second kappa shape index (κ2) is 12.3. The highest BCUT2D eigenvalue weighted by atomic mass is 32.2. The van der Waals surface area contributed by atoms with Crippen LogP contribution in [0.2, 0.25) is 0 Å². The van der Waals surface area contributed by atoms with E-state index in [1.165, 1.54) is 42.5 Å². The van der Waals surface area contributed by atoms with E-state index in [4.69, 9.17) is 4.74 Å². The van der Waals surface area contributed by atoms with Gasteiger partial charge in [0.25, 0.3) is 10.0 Å². The largest absolute Gasteiger partial charge is 0.496 e. The van der Waals surface area contributed by atoms with Gasteiger partial charge in [-0.1, -0.05) is 37.5 Å². The van der Waals surface area contributed by atoms with Gasteiger partial charge in [-0.15, -0.1) is 0 Å². The third-order valence-corrected chi connectivity index (χ3v) is 9.07. The van der Waals surface area contributed by atoms with E-state index in [9.17, 15) is 13.2 Å². The number of sulfonamides is 1. The standard InChI is InChI=1S/C25H34N2O4S2/c1-20-18-23(14-15-24(20)31-2)33(29,30)27(21-10-5-3-6-11-21)19-25(28)26-16-9-17-32-22-12-7-4-8-13-22/h3,5-6,10-11,14-15,18,22H,4,7-9,12-13,16-17,19H2,1-2H3,(H,26,28). The number of para-hydroxylation sites is 1. The molecule has 2 aromatic rings. The summed E-state index contributed by atoms with van der Waals surface area (Å²) < 4.78 is 33.4. The Labute approximate surface area is 202 Å². The Bertz CT molecular complexity index is 1010. The van der Waals surface area contributed by atoms with Gasteiger partial charge in [0.15, 0.2) is 0 Å². The molecule has 0 aromatic heterocycles. The maximum atomic E-state index is 13.5. The molecular formula is C25H34N2O4S2. The monoisotopic (exact) mass is 490 g/mol. The first-order valence-corrected chi connectivity index (χ1v) is 14.0. The molecule has 6 nitrogen and oxygen atoms in total. The maximum Gasteiger partial charge on any atom is 0.264 e. The Hall–Kier alpha value is -2.19. The van der Waals surface area contributed by atoms with Gasteiger partial charge in [-0.05, 0) is 67.8 Å². The lowest BCUT2D eigenvalue weighted by Crippen LogP contribution is -2.41. The topological polar surface area (TPSA) is 75.7 Å². The SMILES string of the molecule is COc1ccc(S(=O)(=O)N(CC(=O)NCCCSC2CCCCC2)c2ccccc2)cc1C. The van der Waals surface area contributed by atoms with Crippen LogP contribution in [-0.4, -0.2) is 45.5 Å². The molecule has 1 amide bonds. The summed E-state index contributed by atoms with van der Waals surface area (Å²) in [7, 11) is -2.39. The number of carbonyl (C=O) groups excluding carboxylic acids is 1. The van der Waals surface area contributed by atoms with Gasteiger partial charge in [0, 0.05) is 11.8 Å². The minimum atomic E-state index is -3.93. The molecule has 180 valence electrons. The number of hydrogen-bond donors (Lipinski definition) is 1. The molecule has 33 heavy (non-hydrogen) atoms. The van der Waals surface area contributed by atoms with Crippen LogP contribution in [0.3, 0.4) is 0 Å². The molecule has 8 heteroatoms. The lowest BCUT2D eigenvalue weighted by atomic mass is 10.0. The fraction of sp³-hybridized carbons (Fsp3) is 0.480. The summed E-state index contributed by atoms with van der Waals surface area (Å²) in [5, 5.41) is 3.65. The summed E-state index contributed by atoms with van der Waals surface area (Å²) >= 11 is 2.00. The minimum absolute atomic E-state index is 0.126. The Kier molecular flexibility index (Phi) is 9.50. The van der Waals surface area contributed by atoms with E-state index in [1.807, 2.05) is 17.8 Å². The number of carbonyl (C=O) groups is 1. The number of nitrogens with zero attached hydrogens (tertiary/aromatic N) is 1. The van der Waals surface area contributed by atoms with Gasteiger partial charge in [-0.3, -0.25) is 9.10 Å². The molecule has 3 rings (SSSR count). The molecule has 0 saturated heterocycles. The number of hydrogen-bond acceptors (Lipinski definition) is 5. The van der Waals surface area contributed by atoms with Crippen LogP contribution in [0.15, 0.2) is 53.4 Å². The molecule has 0 atom stereocenters. The molecule has 0 spiro atoms. The number of aryl methyl sites for hydroxylation is 1. The van der Waals surface area contributed by atoms with E-state index >= 15 is 0 Å². The van der Waals surface area contributed by atoms with Crippen molar-refractivity contribution in [3.63, 3.8) is 0 Å². The fourth-order valence-electron chi connectivity index (χ4n) is 4.02. The lowest BCUT2D eigenvalue weighted by molar-refractivity contribution is -0.119. The van der Waals surface area contributed by atoms with Gasteiger partial charge in [-0.2, -0.15) is 11.8 Å². The fourth-order valence-corrected chi connectivity index (χ4v) is 6.83. The lowest BCUT2D eigenvalue weighted by Gasteiger charge is -2.24. The van der Waals surface area contributed by atoms with Crippen molar-refractivity contribution in [2.75, 3.05) is 30.3 Å². The molecule has 1 fully saturated rings. The van der Waals surface area contributed by atoms with Crippen molar-refractivity contribution in [2.24, 2.45) is 0 Å². The van der Waals surface area contributed by atoms with Crippen molar-refractivity contribution in [3.05, 3.63) is 54.1 Å². The predicted octanol–water partition coefficient (Wildman–Crippen LogP) is 4.77. The van der Waals surface area contributed by atoms with Crippen LogP contribution < -0.4 is 14.4 Å². The normalized spacial score (nSPS) is 14.6. The summed E-state index contributed by atoms with van der Waals surface area (Å²) in [5.74, 6) is 1.32. The maximum absolute atomic E-state index is 13.5. The zero-order chi connectivity index (χ0) is 23.7. The van der Waals surface area contributed by atoms with Gasteiger partial charge in [-0.25, -0.2) is 8.42 Å². The molecule has 0 bridgehead atoms. The summed E-state index contributed by atoms with van der Waals surface area (Å²) in [4.78, 5) is 12.8. The van der Waals surface area contributed by atoms with Gasteiger partial charge < -0.3 is 10.1 Å². The van der Waals surface area contributed by atoms with E-state index in [0.717, 1.165) is 17.4 Å². The number of benzene rings is 2. The van der Waals surface area contributed by atoms with Gasteiger partial charge in [0.05, 0.1) is 17.7 Å². The summed E-state index contributed by atoms with van der Waals surface area (Å²) in [5.41, 5.74) is 1.17. The van der Waals surface area contributed by atoms with E-state index in [1.54, 1.807) is 50.4 Å². The van der Waals surface area contributed by atoms with Gasteiger partial charge in [0.1, 0.15) is 12.3 Å². The highest BCUT2D eigenvalue weighted by Crippen LogP contribution is 2.29. The van der Waals surface area contributed by atoms with Crippen LogP contribution in [0.5, 0.6) is 5.75 Å². The average Bonchev–Trinajstić information content (AvgIpc) is 2.83. The molecule has 0 unspecified atom stereocenters. The smallest absolute Gasteiger partial charge is 0.264 e. The second-order valence-corrected chi connectivity index (χ2v) is 11.6. The molecule has 0 heterocycles. The summed E-state index contributed by atoms with van der Waals surface area (Å²) in [6.07, 6.45) is 7.47. The van der Waals surface area contributed by atoms with E-state index in [2.05, 4.69) is 5.32 Å². The van der Waals surface area contributed by atoms with Crippen LogP contribution in [-0.2, 0) is 14.8 Å². The minimum Gasteiger partial charge on any atom is -0.496 e. The molecule has 2 aromatic carbocycles. The van der Waals surface area contributed by atoms with Crippen molar-refractivity contribution in [3.8, 4) is 5.75 Å². The Balaban J connectivity index is 1.63. The van der Waals surface area contributed by atoms with Crippen molar-refractivity contribution in [2.45, 2.75) is 55.6 Å². The zero-order valence-electron chi connectivity index (χ0n) is 19.5. The first kappa shape index (κ1) is 25.4. The van der Waals surface area contributed by atoms with Crippen LogP contribution >= 0.6 is 11.8 Å². The quantitative estimate of drug-likeness (QED) is 0.459. The number of rotatable bonds is 11. The van der Waals surface area contributed by atoms with E-state index in [-0.39, 0.29) is 17.3 Å². The molecule has 1 aliphatic rings. The molecular weight excluding hydrogens is 456 g/mol. The van der Waals surface area contributed by atoms with Crippen molar-refractivity contribution >= 4 is 33.4 Å². The zero-order valence-corrected chi connectivity index (χ0v) is 21.1. The van der Waals surface area contributed by atoms with Crippen LogP contribution in [0.4, 0.5) is 5.69 Å². The highest BCUT2D eigenvalue weighted by Gasteiger charge is 2.27. The van der Waals surface area contributed by atoms with Gasteiger partial charge in [0.2, 0.25) is 5.91 Å². The number of nitrogens with one attached hydrogen (secondary N) is 1. The molecule has 1 aliphatic carbocycles. The molecule has 1 saturated carbocycles. The third-order valence-electron chi connectivity index (χ3n) is 5.83. The number of ether oxygens (including phenoxy) is 1. The number of thioether (sulfide) groups is 1. The van der Waals surface area contributed by atoms with Crippen molar-refractivity contribution < 1.29 is 17.9 Å². The average molecular weight is 491 g/mol. The Morgan fingerprint density at radius 1 is 1.12 bits per heavy atom. The molecule has 1 N–H and O–H groups in total. The Morgan fingerprint density at radius 3 is 2.52 bits per heavy atom. The first-order valence-electron chi connectivity index (χ1n) is 11.5. The number of methoxy groups -OCH3 is 1. The second-order valence-electron chi connectivity index (χ2n) is 8.31. The first-order chi connectivity index (χ1) is 15.9. The molecule has 0 aliphatic heterocycles. The number of anilines is 1. The Morgan fingerprint density at radius 2 is 1.85 bits per heavy atom. The van der Waals surface area contributed by atoms with Crippen molar-refractivity contribution in [1.29, 1.82) is 0 Å². The highest BCUT2D eigenvalue weighted by molar-refractivity contribution is 7.99. The number of amides is 1. The third kappa shape index (κ3) is 7.14. The van der Waals surface area contributed by atoms with Crippen LogP contribution in [0.25, 0.3) is 0 Å². The van der Waals surface area contributed by atoms with Crippen LogP contribution in [0.1, 0.15) is 44.1 Å². The van der Waals surface area contributed by atoms with E-state index < -0.39 is 10.0 Å². The summed E-state index contributed by atoms with van der Waals surface area (Å²) in [6.45, 7) is 2.07. The van der Waals surface area contributed by atoms with E-state index in [0.29, 0.717) is 23.5 Å².